The molecular weight excluding hydrogens is 421 g/mol. The minimum atomic E-state index is -3.57. The zero-order chi connectivity index (χ0) is 22.6. The van der Waals surface area contributed by atoms with Crippen molar-refractivity contribution >= 4 is 21.6 Å². The second-order valence-electron chi connectivity index (χ2n) is 7.31. The summed E-state index contributed by atoms with van der Waals surface area (Å²) in [5, 5.41) is 2.73. The Morgan fingerprint density at radius 2 is 1.77 bits per heavy atom. The molecule has 1 heterocycles. The molecule has 7 nitrogen and oxygen atoms in total. The number of nitrogens with zero attached hydrogens (tertiary/aromatic N) is 2. The van der Waals surface area contributed by atoms with Crippen molar-refractivity contribution in [2.75, 3.05) is 12.4 Å². The predicted molar refractivity (Wildman–Crippen MR) is 115 cm³/mol. The first-order chi connectivity index (χ1) is 14.7. The van der Waals surface area contributed by atoms with Gasteiger partial charge in [-0.15, -0.1) is 0 Å². The number of benzene rings is 2. The molecule has 0 atom stereocenters. The highest BCUT2D eigenvalue weighted by atomic mass is 32.2. The number of halogens is 1. The van der Waals surface area contributed by atoms with E-state index in [0.29, 0.717) is 29.3 Å². The van der Waals surface area contributed by atoms with E-state index < -0.39 is 10.0 Å². The largest absolute Gasteiger partial charge is 0.441 e. The number of anilines is 1. The van der Waals surface area contributed by atoms with E-state index >= 15 is 0 Å². The van der Waals surface area contributed by atoms with E-state index in [2.05, 4.69) is 10.3 Å². The third-order valence-corrected chi connectivity index (χ3v) is 6.84. The molecule has 1 amide bonds. The normalized spacial score (nSPS) is 11.8. The Labute approximate surface area is 181 Å². The molecule has 0 unspecified atom stereocenters. The first kappa shape index (κ1) is 22.6. The van der Waals surface area contributed by atoms with Gasteiger partial charge in [-0.3, -0.25) is 4.79 Å². The number of aryl methyl sites for hydroxylation is 1. The maximum absolute atomic E-state index is 13.0. The fraction of sp³-hybridized carbons (Fsp3) is 0.273. The molecule has 0 fully saturated rings. The second kappa shape index (κ2) is 9.40. The molecule has 0 bridgehead atoms. The van der Waals surface area contributed by atoms with Crippen LogP contribution < -0.4 is 5.32 Å². The number of hydrogen-bond acceptors (Lipinski definition) is 5. The van der Waals surface area contributed by atoms with Gasteiger partial charge in [0.25, 0.3) is 0 Å². The Hall–Kier alpha value is -3.04. The first-order valence-electron chi connectivity index (χ1n) is 9.75. The molecule has 3 aromatic rings. The minimum Gasteiger partial charge on any atom is -0.441 e. The van der Waals surface area contributed by atoms with Gasteiger partial charge in [0.15, 0.2) is 11.7 Å². The molecule has 0 saturated carbocycles. The number of aromatic nitrogens is 1. The first-order valence-corrected chi connectivity index (χ1v) is 11.2. The van der Waals surface area contributed by atoms with Crippen molar-refractivity contribution < 1.29 is 22.0 Å². The van der Waals surface area contributed by atoms with Crippen molar-refractivity contribution in [3.63, 3.8) is 0 Å². The minimum absolute atomic E-state index is 0.138. The number of oxazole rings is 1. The molecule has 1 aromatic heterocycles. The van der Waals surface area contributed by atoms with E-state index in [1.165, 1.54) is 41.8 Å². The summed E-state index contributed by atoms with van der Waals surface area (Å²) in [7, 11) is -2.05. The molecular formula is C22H24FN3O4S. The molecule has 0 saturated heterocycles. The van der Waals surface area contributed by atoms with Gasteiger partial charge in [-0.05, 0) is 62.4 Å². The van der Waals surface area contributed by atoms with Crippen molar-refractivity contribution in [2.24, 2.45) is 0 Å². The summed E-state index contributed by atoms with van der Waals surface area (Å²) in [4.78, 5) is 16.5. The van der Waals surface area contributed by atoms with Gasteiger partial charge in [0.1, 0.15) is 5.82 Å². The molecule has 0 aliphatic heterocycles. The summed E-state index contributed by atoms with van der Waals surface area (Å²) in [6.45, 7) is 3.59. The highest BCUT2D eigenvalue weighted by Gasteiger charge is 2.22. The van der Waals surface area contributed by atoms with Crippen LogP contribution in [-0.4, -0.2) is 36.7 Å². The van der Waals surface area contributed by atoms with Crippen LogP contribution in [0.1, 0.15) is 26.2 Å². The zero-order valence-corrected chi connectivity index (χ0v) is 18.3. The van der Waals surface area contributed by atoms with Gasteiger partial charge in [-0.1, -0.05) is 0 Å². The fourth-order valence-electron chi connectivity index (χ4n) is 2.77. The fourth-order valence-corrected chi connectivity index (χ4v) is 4.14. The predicted octanol–water partition coefficient (Wildman–Crippen LogP) is 4.08. The third kappa shape index (κ3) is 5.56. The molecule has 9 heteroatoms. The number of carbonyl (C=O) groups is 1. The number of rotatable bonds is 8. The number of amides is 1. The lowest BCUT2D eigenvalue weighted by molar-refractivity contribution is -0.116. The molecule has 0 spiro atoms. The van der Waals surface area contributed by atoms with Crippen molar-refractivity contribution in [1.29, 1.82) is 0 Å². The van der Waals surface area contributed by atoms with E-state index in [-0.39, 0.29) is 29.1 Å². The SMILES string of the molecule is CC(C)N(C)S(=O)(=O)c1ccc(NC(=O)CCc2ncc(-c3ccc(F)cc3)o2)cc1. The van der Waals surface area contributed by atoms with Crippen LogP contribution in [-0.2, 0) is 21.2 Å². The van der Waals surface area contributed by atoms with E-state index in [1.54, 1.807) is 38.1 Å². The van der Waals surface area contributed by atoms with Gasteiger partial charge in [0, 0.05) is 37.2 Å². The van der Waals surface area contributed by atoms with Gasteiger partial charge in [-0.2, -0.15) is 4.31 Å². The number of hydrogen-bond donors (Lipinski definition) is 1. The summed E-state index contributed by atoms with van der Waals surface area (Å²) in [5.74, 6) is 0.306. The van der Waals surface area contributed by atoms with Crippen LogP contribution in [0.4, 0.5) is 10.1 Å². The third-order valence-electron chi connectivity index (χ3n) is 4.79. The second-order valence-corrected chi connectivity index (χ2v) is 9.31. The lowest BCUT2D eigenvalue weighted by atomic mass is 10.2. The summed E-state index contributed by atoms with van der Waals surface area (Å²) in [5.41, 5.74) is 1.19. The Morgan fingerprint density at radius 1 is 1.13 bits per heavy atom. The van der Waals surface area contributed by atoms with Crippen molar-refractivity contribution in [1.82, 2.24) is 9.29 Å². The van der Waals surface area contributed by atoms with Gasteiger partial charge >= 0.3 is 0 Å². The van der Waals surface area contributed by atoms with Crippen LogP contribution in [0.5, 0.6) is 0 Å². The molecule has 164 valence electrons. The topological polar surface area (TPSA) is 92.5 Å². The van der Waals surface area contributed by atoms with Crippen molar-refractivity contribution in [3.05, 3.63) is 66.4 Å². The maximum Gasteiger partial charge on any atom is 0.243 e. The van der Waals surface area contributed by atoms with Crippen molar-refractivity contribution in [2.45, 2.75) is 37.6 Å². The van der Waals surface area contributed by atoms with Crippen molar-refractivity contribution in [3.8, 4) is 11.3 Å². The lowest BCUT2D eigenvalue weighted by Crippen LogP contribution is -2.33. The van der Waals surface area contributed by atoms with Gasteiger partial charge in [-0.25, -0.2) is 17.8 Å². The van der Waals surface area contributed by atoms with Crippen LogP contribution in [0.15, 0.2) is 64.0 Å². The van der Waals surface area contributed by atoms with Gasteiger partial charge < -0.3 is 9.73 Å². The molecule has 3 rings (SSSR count). The Balaban J connectivity index is 1.56. The average molecular weight is 446 g/mol. The monoisotopic (exact) mass is 445 g/mol. The Kier molecular flexibility index (Phi) is 6.87. The zero-order valence-electron chi connectivity index (χ0n) is 17.5. The molecule has 0 aliphatic rings. The quantitative estimate of drug-likeness (QED) is 0.564. The van der Waals surface area contributed by atoms with Crippen LogP contribution in [0.2, 0.25) is 0 Å². The maximum atomic E-state index is 13.0. The lowest BCUT2D eigenvalue weighted by Gasteiger charge is -2.21. The van der Waals surface area contributed by atoms with E-state index in [9.17, 15) is 17.6 Å². The van der Waals surface area contributed by atoms with Crippen LogP contribution >= 0.6 is 0 Å². The standard InChI is InChI=1S/C22H24FN3O4S/c1-15(2)26(3)31(28,29)19-10-8-18(9-11-19)25-21(27)12-13-22-24-14-20(30-22)16-4-6-17(23)7-5-16/h4-11,14-15H,12-13H2,1-3H3,(H,25,27). The van der Waals surface area contributed by atoms with Gasteiger partial charge in [0.05, 0.1) is 11.1 Å². The summed E-state index contributed by atoms with van der Waals surface area (Å²) < 4.78 is 44.9. The molecule has 0 radical (unpaired) electrons. The number of carbonyl (C=O) groups excluding carboxylic acids is 1. The number of nitrogens with one attached hydrogen (secondary N) is 1. The highest BCUT2D eigenvalue weighted by molar-refractivity contribution is 7.89. The van der Waals surface area contributed by atoms with Gasteiger partial charge in [0.2, 0.25) is 15.9 Å². The Morgan fingerprint density at radius 3 is 2.39 bits per heavy atom. The average Bonchev–Trinajstić information content (AvgIpc) is 3.21. The Bertz CT molecular complexity index is 1140. The highest BCUT2D eigenvalue weighted by Crippen LogP contribution is 2.22. The summed E-state index contributed by atoms with van der Waals surface area (Å²) in [6.07, 6.45) is 1.96. The smallest absolute Gasteiger partial charge is 0.243 e. The van der Waals surface area contributed by atoms with E-state index in [4.69, 9.17) is 4.42 Å². The van der Waals surface area contributed by atoms with Crippen LogP contribution in [0, 0.1) is 5.82 Å². The summed E-state index contributed by atoms with van der Waals surface area (Å²) in [6, 6.07) is 11.7. The van der Waals surface area contributed by atoms with Crippen LogP contribution in [0.25, 0.3) is 11.3 Å². The van der Waals surface area contributed by atoms with E-state index in [0.717, 1.165) is 0 Å². The summed E-state index contributed by atoms with van der Waals surface area (Å²) >= 11 is 0. The van der Waals surface area contributed by atoms with E-state index in [1.807, 2.05) is 0 Å². The molecule has 31 heavy (non-hydrogen) atoms. The number of sulfonamides is 1. The molecule has 1 N–H and O–H groups in total. The molecule has 2 aromatic carbocycles. The van der Waals surface area contributed by atoms with Crippen LogP contribution in [0.3, 0.4) is 0 Å². The molecule has 0 aliphatic carbocycles.